The summed E-state index contributed by atoms with van der Waals surface area (Å²) < 4.78 is 18.7. The zero-order valence-electron chi connectivity index (χ0n) is 10.4. The fourth-order valence-electron chi connectivity index (χ4n) is 1.63. The van der Waals surface area contributed by atoms with Gasteiger partial charge in [0.25, 0.3) is 0 Å². The van der Waals surface area contributed by atoms with Crippen LogP contribution in [-0.4, -0.2) is 19.4 Å². The summed E-state index contributed by atoms with van der Waals surface area (Å²) >= 11 is 0. The van der Waals surface area contributed by atoms with E-state index in [9.17, 15) is 9.18 Å². The summed E-state index contributed by atoms with van der Waals surface area (Å²) in [4.78, 5) is 11.8. The van der Waals surface area contributed by atoms with Gasteiger partial charge in [-0.25, -0.2) is 4.39 Å². The van der Waals surface area contributed by atoms with Gasteiger partial charge in [-0.2, -0.15) is 0 Å². The van der Waals surface area contributed by atoms with Gasteiger partial charge in [0.1, 0.15) is 0 Å². The largest absolute Gasteiger partial charge is 0.493 e. The average Bonchev–Trinajstić information content (AvgIpc) is 2.28. The lowest BCUT2D eigenvalue weighted by atomic mass is 9.97. The SMILES string of the molecule is COc1c(F)cc(C(C)C)cc1C(=O)CCN. The molecule has 0 amide bonds. The summed E-state index contributed by atoms with van der Waals surface area (Å²) in [7, 11) is 1.35. The molecule has 2 N–H and O–H groups in total. The lowest BCUT2D eigenvalue weighted by Gasteiger charge is -2.13. The van der Waals surface area contributed by atoms with Crippen LogP contribution in [0.4, 0.5) is 4.39 Å². The van der Waals surface area contributed by atoms with Crippen LogP contribution < -0.4 is 10.5 Å². The molecule has 3 nitrogen and oxygen atoms in total. The number of ketones is 1. The highest BCUT2D eigenvalue weighted by molar-refractivity contribution is 5.99. The topological polar surface area (TPSA) is 52.3 Å². The minimum atomic E-state index is -0.501. The molecule has 0 saturated heterocycles. The predicted octanol–water partition coefficient (Wildman–Crippen LogP) is 2.49. The van der Waals surface area contributed by atoms with Gasteiger partial charge in [0, 0.05) is 6.42 Å². The quantitative estimate of drug-likeness (QED) is 0.803. The summed E-state index contributed by atoms with van der Waals surface area (Å²) in [6.07, 6.45) is 0.192. The summed E-state index contributed by atoms with van der Waals surface area (Å²) in [6.45, 7) is 4.13. The number of nitrogens with two attached hydrogens (primary N) is 1. The third kappa shape index (κ3) is 3.03. The molecule has 0 fully saturated rings. The number of rotatable bonds is 5. The van der Waals surface area contributed by atoms with Gasteiger partial charge in [0.15, 0.2) is 17.3 Å². The lowest BCUT2D eigenvalue weighted by molar-refractivity contribution is 0.0981. The maximum Gasteiger partial charge on any atom is 0.167 e. The molecule has 1 rings (SSSR count). The molecule has 17 heavy (non-hydrogen) atoms. The Balaban J connectivity index is 3.28. The Morgan fingerprint density at radius 2 is 2.12 bits per heavy atom. The number of Topliss-reactive ketones (excluding diaryl/α,β-unsaturated/α-hetero) is 1. The van der Waals surface area contributed by atoms with E-state index < -0.39 is 5.82 Å². The van der Waals surface area contributed by atoms with Gasteiger partial charge in [0.05, 0.1) is 12.7 Å². The number of hydrogen-bond donors (Lipinski definition) is 1. The fraction of sp³-hybridized carbons (Fsp3) is 0.462. The van der Waals surface area contributed by atoms with Crippen LogP contribution in [0.25, 0.3) is 0 Å². The van der Waals surface area contributed by atoms with Crippen molar-refractivity contribution in [3.05, 3.63) is 29.1 Å². The van der Waals surface area contributed by atoms with Gasteiger partial charge in [-0.3, -0.25) is 4.79 Å². The smallest absolute Gasteiger partial charge is 0.167 e. The van der Waals surface area contributed by atoms with Gasteiger partial charge in [-0.05, 0) is 30.2 Å². The van der Waals surface area contributed by atoms with Crippen molar-refractivity contribution in [3.63, 3.8) is 0 Å². The van der Waals surface area contributed by atoms with Crippen LogP contribution in [0.5, 0.6) is 5.75 Å². The van der Waals surface area contributed by atoms with E-state index in [1.54, 1.807) is 6.07 Å². The van der Waals surface area contributed by atoms with Crippen molar-refractivity contribution in [1.29, 1.82) is 0 Å². The second-order valence-corrected chi connectivity index (χ2v) is 4.20. The van der Waals surface area contributed by atoms with Crippen LogP contribution in [-0.2, 0) is 0 Å². The minimum Gasteiger partial charge on any atom is -0.493 e. The molecule has 0 bridgehead atoms. The van der Waals surface area contributed by atoms with Gasteiger partial charge in [0.2, 0.25) is 0 Å². The molecule has 1 aromatic carbocycles. The van der Waals surface area contributed by atoms with Crippen molar-refractivity contribution in [2.24, 2.45) is 5.73 Å². The molecule has 4 heteroatoms. The number of halogens is 1. The van der Waals surface area contributed by atoms with Crippen LogP contribution in [0.15, 0.2) is 12.1 Å². The minimum absolute atomic E-state index is 0.00727. The Morgan fingerprint density at radius 3 is 2.59 bits per heavy atom. The second-order valence-electron chi connectivity index (χ2n) is 4.20. The summed E-state index contributed by atoms with van der Waals surface area (Å²) in [5.74, 6) is -0.530. The number of hydrogen-bond acceptors (Lipinski definition) is 3. The molecule has 0 radical (unpaired) electrons. The third-order valence-corrected chi connectivity index (χ3v) is 2.61. The summed E-state index contributed by atoms with van der Waals surface area (Å²) in [5.41, 5.74) is 6.40. The Kier molecular flexibility index (Phi) is 4.63. The van der Waals surface area contributed by atoms with Crippen LogP contribution in [0, 0.1) is 5.82 Å². The van der Waals surface area contributed by atoms with Crippen LogP contribution >= 0.6 is 0 Å². The molecule has 0 aliphatic rings. The molecule has 0 saturated carbocycles. The number of benzene rings is 1. The molecule has 0 aliphatic carbocycles. The normalized spacial score (nSPS) is 10.7. The van der Waals surface area contributed by atoms with E-state index in [2.05, 4.69) is 0 Å². The molecular formula is C13H18FNO2. The Hall–Kier alpha value is -1.42. The highest BCUT2D eigenvalue weighted by Crippen LogP contribution is 2.28. The van der Waals surface area contributed by atoms with Crippen molar-refractivity contribution in [3.8, 4) is 5.75 Å². The van der Waals surface area contributed by atoms with E-state index in [1.807, 2.05) is 13.8 Å². The first-order chi connectivity index (χ1) is 8.01. The maximum absolute atomic E-state index is 13.8. The predicted molar refractivity (Wildman–Crippen MR) is 65.0 cm³/mol. The Morgan fingerprint density at radius 1 is 1.47 bits per heavy atom. The van der Waals surface area contributed by atoms with Crippen molar-refractivity contribution in [2.75, 3.05) is 13.7 Å². The first-order valence-corrected chi connectivity index (χ1v) is 5.62. The third-order valence-electron chi connectivity index (χ3n) is 2.61. The van der Waals surface area contributed by atoms with Gasteiger partial charge in [-0.15, -0.1) is 0 Å². The molecule has 0 heterocycles. The van der Waals surface area contributed by atoms with Crippen molar-refractivity contribution in [1.82, 2.24) is 0 Å². The first kappa shape index (κ1) is 13.6. The standard InChI is InChI=1S/C13H18FNO2/c1-8(2)9-6-10(12(16)4-5-15)13(17-3)11(14)7-9/h6-8H,4-5,15H2,1-3H3. The number of carbonyl (C=O) groups excluding carboxylic acids is 1. The van der Waals surface area contributed by atoms with E-state index in [0.717, 1.165) is 5.56 Å². The van der Waals surface area contributed by atoms with E-state index in [1.165, 1.54) is 13.2 Å². The molecular weight excluding hydrogens is 221 g/mol. The molecule has 0 unspecified atom stereocenters. The van der Waals surface area contributed by atoms with E-state index >= 15 is 0 Å². The van der Waals surface area contributed by atoms with Gasteiger partial charge >= 0.3 is 0 Å². The van der Waals surface area contributed by atoms with Gasteiger partial charge < -0.3 is 10.5 Å². The molecule has 1 aromatic rings. The average molecular weight is 239 g/mol. The molecule has 0 aromatic heterocycles. The van der Waals surface area contributed by atoms with Crippen molar-refractivity contribution < 1.29 is 13.9 Å². The van der Waals surface area contributed by atoms with E-state index in [-0.39, 0.29) is 36.0 Å². The Labute approximate surface area is 101 Å². The molecule has 94 valence electrons. The lowest BCUT2D eigenvalue weighted by Crippen LogP contribution is -2.11. The number of carbonyl (C=O) groups is 1. The fourth-order valence-corrected chi connectivity index (χ4v) is 1.63. The zero-order valence-corrected chi connectivity index (χ0v) is 10.4. The van der Waals surface area contributed by atoms with Crippen molar-refractivity contribution >= 4 is 5.78 Å². The molecule has 0 spiro atoms. The zero-order chi connectivity index (χ0) is 13.0. The number of methoxy groups -OCH3 is 1. The number of ether oxygens (including phenoxy) is 1. The molecule has 0 aliphatic heterocycles. The van der Waals surface area contributed by atoms with E-state index in [0.29, 0.717) is 0 Å². The maximum atomic E-state index is 13.8. The summed E-state index contributed by atoms with van der Waals surface area (Å²) in [5, 5.41) is 0. The second kappa shape index (κ2) is 5.77. The van der Waals surface area contributed by atoms with E-state index in [4.69, 9.17) is 10.5 Å². The van der Waals surface area contributed by atoms with Crippen LogP contribution in [0.3, 0.4) is 0 Å². The Bertz CT molecular complexity index is 416. The monoisotopic (exact) mass is 239 g/mol. The van der Waals surface area contributed by atoms with Crippen molar-refractivity contribution in [2.45, 2.75) is 26.2 Å². The first-order valence-electron chi connectivity index (χ1n) is 5.62. The van der Waals surface area contributed by atoms with Gasteiger partial charge in [-0.1, -0.05) is 13.8 Å². The van der Waals surface area contributed by atoms with Crippen LogP contribution in [0.1, 0.15) is 42.1 Å². The highest BCUT2D eigenvalue weighted by Gasteiger charge is 2.18. The van der Waals surface area contributed by atoms with Crippen LogP contribution in [0.2, 0.25) is 0 Å². The highest BCUT2D eigenvalue weighted by atomic mass is 19.1. The summed E-state index contributed by atoms with van der Waals surface area (Å²) in [6, 6.07) is 3.09. The molecule has 0 atom stereocenters.